The van der Waals surface area contributed by atoms with Crippen molar-refractivity contribution in [2.75, 3.05) is 6.61 Å². The van der Waals surface area contributed by atoms with Gasteiger partial charge in [-0.25, -0.2) is 4.79 Å². The van der Waals surface area contributed by atoms with Gasteiger partial charge in [0.1, 0.15) is 5.78 Å². The maximum atomic E-state index is 14.5. The molecule has 6 nitrogen and oxygen atoms in total. The monoisotopic (exact) mass is 604 g/mol. The van der Waals surface area contributed by atoms with E-state index in [1.54, 1.807) is 0 Å². The summed E-state index contributed by atoms with van der Waals surface area (Å²) in [5, 5.41) is 0.177. The molecule has 0 aromatic rings. The van der Waals surface area contributed by atoms with Crippen molar-refractivity contribution in [1.29, 1.82) is 0 Å². The summed E-state index contributed by atoms with van der Waals surface area (Å²) in [5.41, 5.74) is 0.0396. The summed E-state index contributed by atoms with van der Waals surface area (Å²) in [6.07, 6.45) is 7.41. The average Bonchev–Trinajstić information content (AvgIpc) is 3.24. The van der Waals surface area contributed by atoms with Gasteiger partial charge < -0.3 is 13.9 Å². The standard InChI is InChI=1S/C35H60O6Si/c1-12-24-28-19-23(41-42(10,11)33(5,6)7)15-17-35(28,9)27-16-18-34(8)25(13-14-26(34)29(27)30(24)36)22(4)31(37)40-32(38)39-20-21(2)3/h21-29H,12-20H2,1-11H3/t22-,23?,24+,25?,26-,27-,28?,29-,34?,35?/m0/s1. The molecule has 0 heterocycles. The van der Waals surface area contributed by atoms with Gasteiger partial charge in [0.15, 0.2) is 8.32 Å². The van der Waals surface area contributed by atoms with Crippen LogP contribution in [0.15, 0.2) is 0 Å². The lowest BCUT2D eigenvalue weighted by Crippen LogP contribution is -2.61. The van der Waals surface area contributed by atoms with Crippen LogP contribution < -0.4 is 0 Å². The molecule has 0 spiro atoms. The normalized spacial score (nSPS) is 39.2. The van der Waals surface area contributed by atoms with Gasteiger partial charge in [-0.05, 0) is 110 Å². The number of fused-ring (bicyclic) bond motifs is 5. The van der Waals surface area contributed by atoms with Crippen molar-refractivity contribution >= 4 is 26.2 Å². The predicted molar refractivity (Wildman–Crippen MR) is 168 cm³/mol. The van der Waals surface area contributed by atoms with E-state index in [0.29, 0.717) is 17.6 Å². The zero-order valence-corrected chi connectivity index (χ0v) is 29.5. The number of carbonyl (C=O) groups is 3. The van der Waals surface area contributed by atoms with Gasteiger partial charge in [0.25, 0.3) is 0 Å². The number of ether oxygens (including phenoxy) is 2. The van der Waals surface area contributed by atoms with Crippen molar-refractivity contribution in [2.24, 2.45) is 58.2 Å². The highest BCUT2D eigenvalue weighted by atomic mass is 28.4. The van der Waals surface area contributed by atoms with Crippen molar-refractivity contribution in [1.82, 2.24) is 0 Å². The Morgan fingerprint density at radius 3 is 2.17 bits per heavy atom. The molecule has 4 rings (SSSR count). The van der Waals surface area contributed by atoms with Crippen LogP contribution in [0.3, 0.4) is 0 Å². The van der Waals surface area contributed by atoms with Crippen molar-refractivity contribution in [3.8, 4) is 0 Å². The number of rotatable bonds is 7. The van der Waals surface area contributed by atoms with E-state index in [0.717, 1.165) is 51.4 Å². The largest absolute Gasteiger partial charge is 0.516 e. The van der Waals surface area contributed by atoms with E-state index < -0.39 is 26.4 Å². The molecule has 0 aromatic heterocycles. The van der Waals surface area contributed by atoms with Crippen LogP contribution in [0.25, 0.3) is 0 Å². The third-order valence-electron chi connectivity index (χ3n) is 13.1. The van der Waals surface area contributed by atoms with E-state index in [2.05, 4.69) is 54.6 Å². The molecule has 4 aliphatic carbocycles. The Balaban J connectivity index is 1.52. The van der Waals surface area contributed by atoms with Gasteiger partial charge in [-0.3, -0.25) is 9.59 Å². The molecule has 7 heteroatoms. The highest BCUT2D eigenvalue weighted by molar-refractivity contribution is 6.74. The Morgan fingerprint density at radius 1 is 0.952 bits per heavy atom. The first-order valence-corrected chi connectivity index (χ1v) is 19.9. The van der Waals surface area contributed by atoms with Crippen LogP contribution in [-0.2, 0) is 23.5 Å². The molecule has 42 heavy (non-hydrogen) atoms. The summed E-state index contributed by atoms with van der Waals surface area (Å²) in [7, 11) is -1.88. The van der Waals surface area contributed by atoms with Crippen LogP contribution in [0, 0.1) is 58.2 Å². The third kappa shape index (κ3) is 5.91. The molecule has 0 bridgehead atoms. The fraction of sp³-hybridized carbons (Fsp3) is 0.914. The number of ketones is 1. The number of carbonyl (C=O) groups excluding carboxylic acids is 3. The molecule has 0 radical (unpaired) electrons. The zero-order chi connectivity index (χ0) is 31.4. The van der Waals surface area contributed by atoms with E-state index in [4.69, 9.17) is 13.9 Å². The van der Waals surface area contributed by atoms with Crippen molar-refractivity contribution < 1.29 is 28.3 Å². The average molecular weight is 605 g/mol. The van der Waals surface area contributed by atoms with Gasteiger partial charge in [0, 0.05) is 17.9 Å². The first-order chi connectivity index (χ1) is 19.4. The van der Waals surface area contributed by atoms with E-state index in [9.17, 15) is 14.4 Å². The lowest BCUT2D eigenvalue weighted by Gasteiger charge is -2.62. The fourth-order valence-electron chi connectivity index (χ4n) is 9.79. The number of Topliss-reactive ketones (excluding diaryl/α,β-unsaturated/α-hetero) is 1. The highest BCUT2D eigenvalue weighted by Crippen LogP contribution is 2.68. The molecule has 0 amide bonds. The molecule has 10 atom stereocenters. The molecular weight excluding hydrogens is 544 g/mol. The molecule has 240 valence electrons. The van der Waals surface area contributed by atoms with Gasteiger partial charge in [-0.2, -0.15) is 0 Å². The van der Waals surface area contributed by atoms with Crippen LogP contribution in [0.1, 0.15) is 114 Å². The molecule has 5 unspecified atom stereocenters. The van der Waals surface area contributed by atoms with Crippen LogP contribution >= 0.6 is 0 Å². The van der Waals surface area contributed by atoms with Crippen molar-refractivity contribution in [3.63, 3.8) is 0 Å². The lowest BCUT2D eigenvalue weighted by atomic mass is 9.42. The molecular formula is C35H60O6Si. The second-order valence-electron chi connectivity index (χ2n) is 16.9. The van der Waals surface area contributed by atoms with Gasteiger partial charge in [-0.1, -0.05) is 62.3 Å². The minimum absolute atomic E-state index is 0.0667. The van der Waals surface area contributed by atoms with E-state index in [1.807, 2.05) is 20.8 Å². The first kappa shape index (κ1) is 33.7. The highest BCUT2D eigenvalue weighted by Gasteiger charge is 2.65. The third-order valence-corrected chi connectivity index (χ3v) is 17.7. The van der Waals surface area contributed by atoms with Crippen LogP contribution in [0.4, 0.5) is 4.79 Å². The van der Waals surface area contributed by atoms with E-state index in [1.165, 1.54) is 0 Å². The van der Waals surface area contributed by atoms with Crippen molar-refractivity contribution in [3.05, 3.63) is 0 Å². The number of esters is 1. The first-order valence-electron chi connectivity index (χ1n) is 17.0. The zero-order valence-electron chi connectivity index (χ0n) is 28.5. The van der Waals surface area contributed by atoms with Crippen molar-refractivity contribution in [2.45, 2.75) is 138 Å². The Hall–Kier alpha value is -1.21. The summed E-state index contributed by atoms with van der Waals surface area (Å²) in [5.74, 6) is 1.08. The predicted octanol–water partition coefficient (Wildman–Crippen LogP) is 8.82. The topological polar surface area (TPSA) is 78.9 Å². The van der Waals surface area contributed by atoms with E-state index >= 15 is 0 Å². The van der Waals surface area contributed by atoms with Gasteiger partial charge in [-0.15, -0.1) is 0 Å². The Kier molecular flexibility index (Phi) is 9.58. The summed E-state index contributed by atoms with van der Waals surface area (Å²) >= 11 is 0. The smallest absolute Gasteiger partial charge is 0.434 e. The summed E-state index contributed by atoms with van der Waals surface area (Å²) in [4.78, 5) is 39.7. The summed E-state index contributed by atoms with van der Waals surface area (Å²) < 4.78 is 17.2. The Morgan fingerprint density at radius 2 is 1.57 bits per heavy atom. The van der Waals surface area contributed by atoms with E-state index in [-0.39, 0.29) is 58.2 Å². The molecule has 0 aliphatic heterocycles. The second-order valence-corrected chi connectivity index (χ2v) is 21.7. The molecule has 4 fully saturated rings. The van der Waals surface area contributed by atoms with Gasteiger partial charge in [0.05, 0.1) is 12.5 Å². The minimum atomic E-state index is -1.88. The number of hydrogen-bond acceptors (Lipinski definition) is 6. The Bertz CT molecular complexity index is 1030. The lowest BCUT2D eigenvalue weighted by molar-refractivity contribution is -0.173. The fourth-order valence-corrected chi connectivity index (χ4v) is 11.2. The SMILES string of the molecule is CC[C@H]1C(=O)[C@H]2[C@@H]3CCC([C@H](C)C(=O)OC(=O)OCC(C)C)C3(C)CC[C@@H]2C2(C)CCC(O[Si](C)(C)C(C)(C)C)CC12. The molecule has 0 aromatic carbocycles. The molecule has 4 saturated carbocycles. The maximum absolute atomic E-state index is 14.5. The Labute approximate surface area is 256 Å². The summed E-state index contributed by atoms with van der Waals surface area (Å²) in [6, 6.07) is 0. The molecule has 0 N–H and O–H groups in total. The quantitative estimate of drug-likeness (QED) is 0.164. The van der Waals surface area contributed by atoms with Gasteiger partial charge in [0.2, 0.25) is 0 Å². The molecule has 4 aliphatic rings. The summed E-state index contributed by atoms with van der Waals surface area (Å²) in [6.45, 7) is 24.7. The second kappa shape index (κ2) is 11.9. The molecule has 0 saturated heterocycles. The van der Waals surface area contributed by atoms with Gasteiger partial charge >= 0.3 is 12.1 Å². The van der Waals surface area contributed by atoms with Crippen LogP contribution in [-0.4, -0.2) is 38.9 Å². The van der Waals surface area contributed by atoms with Crippen LogP contribution in [0.2, 0.25) is 18.1 Å². The minimum Gasteiger partial charge on any atom is -0.434 e. The van der Waals surface area contributed by atoms with Crippen LogP contribution in [0.5, 0.6) is 0 Å². The maximum Gasteiger partial charge on any atom is 0.516 e. The number of hydrogen-bond donors (Lipinski definition) is 0.